The minimum Gasteiger partial charge on any atom is -0.493 e. The van der Waals surface area contributed by atoms with Crippen molar-refractivity contribution in [2.45, 2.75) is 64.8 Å². The van der Waals surface area contributed by atoms with E-state index in [-0.39, 0.29) is 24.5 Å². The van der Waals surface area contributed by atoms with Crippen LogP contribution in [-0.2, 0) is 0 Å². The second-order valence-electron chi connectivity index (χ2n) is 8.31. The molecule has 0 aliphatic carbocycles. The quantitative estimate of drug-likeness (QED) is 0.280. The molecule has 2 atom stereocenters. The number of aryl methyl sites for hydroxylation is 1. The number of guanidine groups is 1. The lowest BCUT2D eigenvalue weighted by molar-refractivity contribution is 0.171. The fraction of sp³-hybridized carbons (Fsp3) is 0.609. The van der Waals surface area contributed by atoms with Gasteiger partial charge in [0.2, 0.25) is 11.7 Å². The van der Waals surface area contributed by atoms with Crippen LogP contribution in [0.15, 0.2) is 22.7 Å². The molecule has 1 aromatic heterocycles. The van der Waals surface area contributed by atoms with Crippen LogP contribution >= 0.6 is 0 Å². The highest BCUT2D eigenvalue weighted by atomic mass is 16.5. The fourth-order valence-electron chi connectivity index (χ4n) is 4.14. The van der Waals surface area contributed by atoms with Gasteiger partial charge in [-0.15, -0.1) is 0 Å². The molecule has 2 heterocycles. The van der Waals surface area contributed by atoms with E-state index in [1.165, 1.54) is 32.1 Å². The van der Waals surface area contributed by atoms with Crippen molar-refractivity contribution >= 4 is 5.96 Å². The molecular formula is C23H35N5O3. The number of nitrogens with zero attached hydrogens (tertiary/aromatic N) is 3. The third-order valence-electron chi connectivity index (χ3n) is 5.95. The highest BCUT2D eigenvalue weighted by Crippen LogP contribution is 2.36. The third kappa shape index (κ3) is 5.76. The van der Waals surface area contributed by atoms with Crippen molar-refractivity contribution in [3.63, 3.8) is 0 Å². The van der Waals surface area contributed by atoms with E-state index in [4.69, 9.17) is 20.4 Å². The molecule has 1 fully saturated rings. The van der Waals surface area contributed by atoms with E-state index in [9.17, 15) is 5.11 Å². The first-order valence-electron chi connectivity index (χ1n) is 11.3. The van der Waals surface area contributed by atoms with E-state index >= 15 is 0 Å². The van der Waals surface area contributed by atoms with Crippen LogP contribution in [0.2, 0.25) is 0 Å². The zero-order chi connectivity index (χ0) is 22.2. The average molecular weight is 430 g/mol. The van der Waals surface area contributed by atoms with Gasteiger partial charge in [-0.3, -0.25) is 5.41 Å². The number of rotatable bonds is 11. The van der Waals surface area contributed by atoms with Gasteiger partial charge < -0.3 is 25.0 Å². The van der Waals surface area contributed by atoms with Crippen LogP contribution < -0.4 is 10.5 Å². The Bertz CT molecular complexity index is 853. The average Bonchev–Trinajstić information content (AvgIpc) is 3.40. The van der Waals surface area contributed by atoms with Crippen molar-refractivity contribution in [3.05, 3.63) is 29.7 Å². The van der Waals surface area contributed by atoms with Crippen LogP contribution in [0.4, 0.5) is 0 Å². The molecule has 1 aliphatic rings. The van der Waals surface area contributed by atoms with Crippen LogP contribution in [0.25, 0.3) is 11.4 Å². The summed E-state index contributed by atoms with van der Waals surface area (Å²) in [4.78, 5) is 6.25. The first-order valence-corrected chi connectivity index (χ1v) is 11.3. The van der Waals surface area contributed by atoms with E-state index in [0.29, 0.717) is 18.3 Å². The molecule has 170 valence electrons. The molecular weight excluding hydrogens is 394 g/mol. The predicted molar refractivity (Wildman–Crippen MR) is 120 cm³/mol. The van der Waals surface area contributed by atoms with Gasteiger partial charge in [0, 0.05) is 24.6 Å². The number of ether oxygens (including phenoxy) is 1. The second kappa shape index (κ2) is 11.1. The number of hydrogen-bond donors (Lipinski definition) is 3. The van der Waals surface area contributed by atoms with Gasteiger partial charge in [-0.25, -0.2) is 0 Å². The molecule has 1 saturated heterocycles. The van der Waals surface area contributed by atoms with Gasteiger partial charge in [0.05, 0.1) is 6.61 Å². The molecule has 4 N–H and O–H groups in total. The van der Waals surface area contributed by atoms with Crippen molar-refractivity contribution in [1.82, 2.24) is 15.0 Å². The van der Waals surface area contributed by atoms with E-state index < -0.39 is 0 Å². The molecule has 0 radical (unpaired) electrons. The Labute approximate surface area is 184 Å². The van der Waals surface area contributed by atoms with Crippen LogP contribution in [0, 0.1) is 18.3 Å². The van der Waals surface area contributed by atoms with Gasteiger partial charge in [0.25, 0.3) is 0 Å². The maximum Gasteiger partial charge on any atom is 0.250 e. The number of hydrogen-bond acceptors (Lipinski definition) is 6. The molecule has 1 aliphatic heterocycles. The molecule has 8 nitrogen and oxygen atoms in total. The first-order chi connectivity index (χ1) is 15.0. The van der Waals surface area contributed by atoms with E-state index in [2.05, 4.69) is 17.1 Å². The minimum atomic E-state index is -0.371. The molecule has 2 aromatic rings. The summed E-state index contributed by atoms with van der Waals surface area (Å²) in [6.45, 7) is 5.54. The minimum absolute atomic E-state index is 0.0179. The maximum absolute atomic E-state index is 9.69. The highest BCUT2D eigenvalue weighted by Gasteiger charge is 2.39. The fourth-order valence-corrected chi connectivity index (χ4v) is 4.14. The lowest BCUT2D eigenvalue weighted by atomic mass is 10.0. The number of nitrogens with two attached hydrogens (primary N) is 1. The third-order valence-corrected chi connectivity index (χ3v) is 5.95. The molecule has 0 bridgehead atoms. The van der Waals surface area contributed by atoms with Crippen molar-refractivity contribution in [2.24, 2.45) is 11.7 Å². The summed E-state index contributed by atoms with van der Waals surface area (Å²) in [6.07, 6.45) is 8.15. The van der Waals surface area contributed by atoms with Gasteiger partial charge in [0.1, 0.15) is 11.8 Å². The van der Waals surface area contributed by atoms with Crippen molar-refractivity contribution < 1.29 is 14.4 Å². The molecule has 8 heteroatoms. The van der Waals surface area contributed by atoms with Gasteiger partial charge in [-0.2, -0.15) is 4.98 Å². The normalized spacial score (nSPS) is 18.5. The Morgan fingerprint density at radius 2 is 2.06 bits per heavy atom. The Hall–Kier alpha value is -2.61. The van der Waals surface area contributed by atoms with Crippen LogP contribution in [-0.4, -0.2) is 45.9 Å². The summed E-state index contributed by atoms with van der Waals surface area (Å²) >= 11 is 0. The van der Waals surface area contributed by atoms with Gasteiger partial charge in [0.15, 0.2) is 5.96 Å². The van der Waals surface area contributed by atoms with E-state index in [1.807, 2.05) is 25.1 Å². The van der Waals surface area contributed by atoms with Gasteiger partial charge >= 0.3 is 0 Å². The SMILES string of the molecule is CCCCCCCCOc1ccc(-c2noc([C@@H]3[C@@H](CO)CCN3C(=N)N)n2)cc1C. The summed E-state index contributed by atoms with van der Waals surface area (Å²) in [5.74, 6) is 1.59. The largest absolute Gasteiger partial charge is 0.493 e. The number of aromatic nitrogens is 2. The zero-order valence-corrected chi connectivity index (χ0v) is 18.6. The maximum atomic E-state index is 9.69. The zero-order valence-electron chi connectivity index (χ0n) is 18.6. The Morgan fingerprint density at radius 3 is 2.77 bits per heavy atom. The monoisotopic (exact) mass is 429 g/mol. The topological polar surface area (TPSA) is 121 Å². The number of aliphatic hydroxyl groups excluding tert-OH is 1. The smallest absolute Gasteiger partial charge is 0.250 e. The Balaban J connectivity index is 1.62. The highest BCUT2D eigenvalue weighted by molar-refractivity contribution is 5.75. The summed E-state index contributed by atoms with van der Waals surface area (Å²) in [5.41, 5.74) is 7.56. The summed E-state index contributed by atoms with van der Waals surface area (Å²) in [6, 6.07) is 5.50. The van der Waals surface area contributed by atoms with Crippen LogP contribution in [0.5, 0.6) is 5.75 Å². The first kappa shape index (κ1) is 23.1. The molecule has 0 unspecified atom stereocenters. The standard InChI is InChI=1S/C23H35N5O3/c1-3-4-5-6-7-8-13-30-19-10-9-17(14-16(19)2)21-26-22(31-27-21)20-18(15-29)11-12-28(20)23(24)25/h9-10,14,18,20,29H,3-8,11-13,15H2,1-2H3,(H3,24,25)/t18-,20+/m1/s1. The Morgan fingerprint density at radius 1 is 1.29 bits per heavy atom. The number of benzene rings is 1. The summed E-state index contributed by atoms with van der Waals surface area (Å²) in [7, 11) is 0. The number of likely N-dealkylation sites (tertiary alicyclic amines) is 1. The van der Waals surface area contributed by atoms with Crippen molar-refractivity contribution in [2.75, 3.05) is 19.8 Å². The van der Waals surface area contributed by atoms with Crippen molar-refractivity contribution in [3.8, 4) is 17.1 Å². The molecule has 31 heavy (non-hydrogen) atoms. The van der Waals surface area contributed by atoms with E-state index in [0.717, 1.165) is 36.3 Å². The van der Waals surface area contributed by atoms with Gasteiger partial charge in [-0.1, -0.05) is 44.2 Å². The summed E-state index contributed by atoms with van der Waals surface area (Å²) in [5, 5.41) is 21.6. The number of aliphatic hydroxyl groups is 1. The van der Waals surface area contributed by atoms with E-state index in [1.54, 1.807) is 4.90 Å². The van der Waals surface area contributed by atoms with Crippen LogP contribution in [0.1, 0.15) is 69.4 Å². The second-order valence-corrected chi connectivity index (χ2v) is 8.31. The van der Waals surface area contributed by atoms with Crippen molar-refractivity contribution in [1.29, 1.82) is 5.41 Å². The van der Waals surface area contributed by atoms with Crippen LogP contribution in [0.3, 0.4) is 0 Å². The Kier molecular flexibility index (Phi) is 8.28. The molecule has 0 spiro atoms. The molecule has 1 aromatic carbocycles. The van der Waals surface area contributed by atoms with Gasteiger partial charge in [-0.05, 0) is 43.5 Å². The molecule has 3 rings (SSSR count). The molecule has 0 saturated carbocycles. The molecule has 0 amide bonds. The number of nitrogens with one attached hydrogen (secondary N) is 1. The lowest BCUT2D eigenvalue weighted by Gasteiger charge is -2.24. The number of unbranched alkanes of at least 4 members (excludes halogenated alkanes) is 5. The summed E-state index contributed by atoms with van der Waals surface area (Å²) < 4.78 is 11.5. The lowest BCUT2D eigenvalue weighted by Crippen LogP contribution is -2.37. The predicted octanol–water partition coefficient (Wildman–Crippen LogP) is 4.03.